The number of aryl methyl sites for hydroxylation is 1. The van der Waals surface area contributed by atoms with Gasteiger partial charge in [-0.3, -0.25) is 0 Å². The molecule has 7 heteroatoms. The molecule has 1 aliphatic heterocycles. The summed E-state index contributed by atoms with van der Waals surface area (Å²) in [6.45, 7) is 4.56. The van der Waals surface area contributed by atoms with Gasteiger partial charge in [0.15, 0.2) is 11.5 Å². The third kappa shape index (κ3) is 3.81. The maximum absolute atomic E-state index is 5.58. The number of aromatic nitrogens is 2. The van der Waals surface area contributed by atoms with E-state index in [9.17, 15) is 0 Å². The van der Waals surface area contributed by atoms with Crippen LogP contribution in [0.15, 0.2) is 24.4 Å². The summed E-state index contributed by atoms with van der Waals surface area (Å²) in [5, 5.41) is 6.46. The lowest BCUT2D eigenvalue weighted by atomic mass is 10.2. The fourth-order valence-corrected chi connectivity index (χ4v) is 2.24. The molecular weight excluding hydrogens is 294 g/mol. The van der Waals surface area contributed by atoms with Crippen LogP contribution in [0.1, 0.15) is 12.0 Å². The van der Waals surface area contributed by atoms with Crippen molar-refractivity contribution >= 4 is 17.5 Å². The summed E-state index contributed by atoms with van der Waals surface area (Å²) >= 11 is 0. The second-order valence-corrected chi connectivity index (χ2v) is 5.28. The first-order valence-corrected chi connectivity index (χ1v) is 7.70. The number of hydrogen-bond acceptors (Lipinski definition) is 7. The number of nitrogens with two attached hydrogens (primary N) is 1. The summed E-state index contributed by atoms with van der Waals surface area (Å²) in [6.07, 6.45) is 2.69. The van der Waals surface area contributed by atoms with Gasteiger partial charge < -0.3 is 25.8 Å². The van der Waals surface area contributed by atoms with Gasteiger partial charge in [0.2, 0.25) is 5.95 Å². The molecule has 1 aromatic carbocycles. The molecule has 7 nitrogen and oxygen atoms in total. The Hall–Kier alpha value is -2.54. The molecule has 0 unspecified atom stereocenters. The molecule has 0 atom stereocenters. The highest BCUT2D eigenvalue weighted by Gasteiger charge is 2.12. The first-order valence-electron chi connectivity index (χ1n) is 7.70. The van der Waals surface area contributed by atoms with E-state index >= 15 is 0 Å². The molecule has 0 saturated heterocycles. The Bertz CT molecular complexity index is 678. The Kier molecular flexibility index (Phi) is 4.77. The summed E-state index contributed by atoms with van der Waals surface area (Å²) in [4.78, 5) is 8.82. The molecule has 1 aromatic heterocycles. The molecule has 1 aliphatic rings. The topological polar surface area (TPSA) is 94.3 Å². The predicted molar refractivity (Wildman–Crippen MR) is 89.6 cm³/mol. The summed E-state index contributed by atoms with van der Waals surface area (Å²) < 4.78 is 11.1. The van der Waals surface area contributed by atoms with Gasteiger partial charge in [0.05, 0.1) is 0 Å². The zero-order valence-corrected chi connectivity index (χ0v) is 13.1. The van der Waals surface area contributed by atoms with Crippen LogP contribution in [0.25, 0.3) is 0 Å². The van der Waals surface area contributed by atoms with E-state index in [0.29, 0.717) is 25.7 Å². The molecule has 0 amide bonds. The van der Waals surface area contributed by atoms with Gasteiger partial charge in [-0.15, -0.1) is 0 Å². The van der Waals surface area contributed by atoms with E-state index in [1.807, 2.05) is 25.1 Å². The van der Waals surface area contributed by atoms with Crippen LogP contribution in [0.5, 0.6) is 11.5 Å². The molecule has 3 rings (SSSR count). The average Bonchev–Trinajstić information content (AvgIpc) is 2.58. The van der Waals surface area contributed by atoms with Crippen LogP contribution < -0.4 is 25.8 Å². The van der Waals surface area contributed by atoms with Gasteiger partial charge in [0.25, 0.3) is 0 Å². The van der Waals surface area contributed by atoms with Crippen LogP contribution in [-0.4, -0.2) is 36.3 Å². The third-order valence-electron chi connectivity index (χ3n) is 3.44. The van der Waals surface area contributed by atoms with Crippen molar-refractivity contribution in [1.82, 2.24) is 9.97 Å². The normalized spacial score (nSPS) is 12.8. The van der Waals surface area contributed by atoms with E-state index in [2.05, 4.69) is 20.6 Å². The average molecular weight is 315 g/mol. The fraction of sp³-hybridized carbons (Fsp3) is 0.375. The van der Waals surface area contributed by atoms with Crippen LogP contribution in [0.4, 0.5) is 17.5 Å². The number of nitrogens with zero attached hydrogens (tertiary/aromatic N) is 2. The summed E-state index contributed by atoms with van der Waals surface area (Å²) in [6, 6.07) is 5.68. The lowest BCUT2D eigenvalue weighted by molar-refractivity contribution is 0.171. The van der Waals surface area contributed by atoms with Gasteiger partial charge in [-0.05, 0) is 32.0 Å². The monoisotopic (exact) mass is 315 g/mol. The highest BCUT2D eigenvalue weighted by atomic mass is 16.6. The standard InChI is InChI=1S/C16H21N5O2/c1-11-10-19-16(21-15(11)18-6-2-5-17)20-12-3-4-13-14(9-12)23-8-7-22-13/h3-4,9-10H,2,5-8,17H2,1H3,(H2,18,19,20,21). The van der Waals surface area contributed by atoms with E-state index in [1.54, 1.807) is 6.20 Å². The smallest absolute Gasteiger partial charge is 0.229 e. The molecular formula is C16H21N5O2. The highest BCUT2D eigenvalue weighted by Crippen LogP contribution is 2.33. The minimum atomic E-state index is 0.530. The van der Waals surface area contributed by atoms with E-state index < -0.39 is 0 Å². The van der Waals surface area contributed by atoms with E-state index in [4.69, 9.17) is 15.2 Å². The second kappa shape index (κ2) is 7.15. The van der Waals surface area contributed by atoms with E-state index in [0.717, 1.165) is 41.5 Å². The minimum Gasteiger partial charge on any atom is -0.486 e. The molecule has 2 heterocycles. The molecule has 122 valence electrons. The maximum atomic E-state index is 5.58. The molecule has 23 heavy (non-hydrogen) atoms. The first kappa shape index (κ1) is 15.4. The van der Waals surface area contributed by atoms with Gasteiger partial charge in [-0.2, -0.15) is 4.98 Å². The zero-order valence-electron chi connectivity index (χ0n) is 13.1. The van der Waals surface area contributed by atoms with Crippen molar-refractivity contribution in [3.05, 3.63) is 30.0 Å². The molecule has 0 spiro atoms. The van der Waals surface area contributed by atoms with Crippen molar-refractivity contribution in [2.75, 3.05) is 36.9 Å². The molecule has 4 N–H and O–H groups in total. The lowest BCUT2D eigenvalue weighted by Crippen LogP contribution is -2.15. The molecule has 0 fully saturated rings. The number of benzene rings is 1. The van der Waals surface area contributed by atoms with Crippen molar-refractivity contribution < 1.29 is 9.47 Å². The Morgan fingerprint density at radius 2 is 2.04 bits per heavy atom. The molecule has 0 aliphatic carbocycles. The predicted octanol–water partition coefficient (Wildman–Crippen LogP) is 2.06. The van der Waals surface area contributed by atoms with Gasteiger partial charge in [-0.1, -0.05) is 0 Å². The zero-order chi connectivity index (χ0) is 16.1. The summed E-state index contributed by atoms with van der Waals surface area (Å²) in [5.41, 5.74) is 7.36. The van der Waals surface area contributed by atoms with E-state index in [-0.39, 0.29) is 0 Å². The minimum absolute atomic E-state index is 0.530. The number of nitrogens with one attached hydrogen (secondary N) is 2. The van der Waals surface area contributed by atoms with Gasteiger partial charge in [0, 0.05) is 30.1 Å². The lowest BCUT2D eigenvalue weighted by Gasteiger charge is -2.19. The van der Waals surface area contributed by atoms with Crippen molar-refractivity contribution in [3.63, 3.8) is 0 Å². The van der Waals surface area contributed by atoms with Gasteiger partial charge >= 0.3 is 0 Å². The fourth-order valence-electron chi connectivity index (χ4n) is 2.24. The quantitative estimate of drug-likeness (QED) is 0.702. The molecule has 2 aromatic rings. The van der Waals surface area contributed by atoms with Crippen molar-refractivity contribution in [3.8, 4) is 11.5 Å². The SMILES string of the molecule is Cc1cnc(Nc2ccc3c(c2)OCCO3)nc1NCCCN. The van der Waals surface area contributed by atoms with Crippen molar-refractivity contribution in [1.29, 1.82) is 0 Å². The van der Waals surface area contributed by atoms with Crippen LogP contribution >= 0.6 is 0 Å². The van der Waals surface area contributed by atoms with Crippen LogP contribution in [0.2, 0.25) is 0 Å². The molecule has 0 bridgehead atoms. The summed E-state index contributed by atoms with van der Waals surface area (Å²) in [5.74, 6) is 2.83. The first-order chi connectivity index (χ1) is 11.3. The second-order valence-electron chi connectivity index (χ2n) is 5.28. The Labute approximate surface area is 135 Å². The largest absolute Gasteiger partial charge is 0.486 e. The summed E-state index contributed by atoms with van der Waals surface area (Å²) in [7, 11) is 0. The van der Waals surface area contributed by atoms with Gasteiger partial charge in [0.1, 0.15) is 19.0 Å². The Morgan fingerprint density at radius 3 is 2.87 bits per heavy atom. The number of anilines is 3. The maximum Gasteiger partial charge on any atom is 0.229 e. The number of ether oxygens (including phenoxy) is 2. The Morgan fingerprint density at radius 1 is 1.22 bits per heavy atom. The van der Waals surface area contributed by atoms with Crippen molar-refractivity contribution in [2.45, 2.75) is 13.3 Å². The van der Waals surface area contributed by atoms with Crippen LogP contribution in [-0.2, 0) is 0 Å². The van der Waals surface area contributed by atoms with Crippen molar-refractivity contribution in [2.24, 2.45) is 5.73 Å². The number of rotatable bonds is 6. The molecule has 0 saturated carbocycles. The van der Waals surface area contributed by atoms with E-state index in [1.165, 1.54) is 0 Å². The van der Waals surface area contributed by atoms with Crippen LogP contribution in [0, 0.1) is 6.92 Å². The number of fused-ring (bicyclic) bond motifs is 1. The Balaban J connectivity index is 1.73. The van der Waals surface area contributed by atoms with Gasteiger partial charge in [-0.25, -0.2) is 4.98 Å². The highest BCUT2D eigenvalue weighted by molar-refractivity contribution is 5.61. The van der Waals surface area contributed by atoms with Crippen LogP contribution in [0.3, 0.4) is 0 Å². The third-order valence-corrected chi connectivity index (χ3v) is 3.44. The number of hydrogen-bond donors (Lipinski definition) is 3. The molecule has 0 radical (unpaired) electrons.